The summed E-state index contributed by atoms with van der Waals surface area (Å²) in [5.74, 6) is 1.72. The lowest BCUT2D eigenvalue weighted by Crippen LogP contribution is -2.25. The van der Waals surface area contributed by atoms with Gasteiger partial charge in [-0.2, -0.15) is 0 Å². The first kappa shape index (κ1) is 15.9. The largest absolute Gasteiger partial charge is 0.497 e. The summed E-state index contributed by atoms with van der Waals surface area (Å²) in [4.78, 5) is 0. The van der Waals surface area contributed by atoms with E-state index in [1.165, 1.54) is 5.56 Å². The molecule has 0 saturated carbocycles. The molecule has 21 heavy (non-hydrogen) atoms. The smallest absolute Gasteiger partial charge is 0.119 e. The zero-order valence-electron chi connectivity index (χ0n) is 12.3. The Hall–Kier alpha value is -1.52. The van der Waals surface area contributed by atoms with E-state index in [-0.39, 0.29) is 6.04 Å². The number of benzene rings is 2. The molecule has 2 N–H and O–H groups in total. The maximum Gasteiger partial charge on any atom is 0.119 e. The van der Waals surface area contributed by atoms with E-state index in [0.29, 0.717) is 0 Å². The molecule has 2 aromatic carbocycles. The lowest BCUT2D eigenvalue weighted by atomic mass is 9.99. The van der Waals surface area contributed by atoms with Crippen LogP contribution in [0, 0.1) is 0 Å². The lowest BCUT2D eigenvalue weighted by molar-refractivity contribution is 0.414. The van der Waals surface area contributed by atoms with Gasteiger partial charge in [0.2, 0.25) is 0 Å². The van der Waals surface area contributed by atoms with Gasteiger partial charge in [-0.05, 0) is 54.3 Å². The highest BCUT2D eigenvalue weighted by atomic mass is 79.9. The molecule has 0 bridgehead atoms. The monoisotopic (exact) mass is 349 g/mol. The molecular weight excluding hydrogens is 330 g/mol. The van der Waals surface area contributed by atoms with Crippen molar-refractivity contribution in [3.05, 3.63) is 58.1 Å². The van der Waals surface area contributed by atoms with E-state index in [2.05, 4.69) is 28.1 Å². The highest BCUT2D eigenvalue weighted by Crippen LogP contribution is 2.24. The van der Waals surface area contributed by atoms with Crippen LogP contribution in [0.25, 0.3) is 0 Å². The number of rotatable bonds is 6. The van der Waals surface area contributed by atoms with Crippen molar-refractivity contribution in [3.63, 3.8) is 0 Å². The maximum atomic E-state index is 6.28. The van der Waals surface area contributed by atoms with Crippen LogP contribution in [0.15, 0.2) is 46.9 Å². The predicted molar refractivity (Wildman–Crippen MR) is 89.1 cm³/mol. The molecule has 0 saturated heterocycles. The second-order valence-electron chi connectivity index (χ2n) is 4.97. The first-order chi connectivity index (χ1) is 10.1. The minimum Gasteiger partial charge on any atom is -0.497 e. The number of methoxy groups -OCH3 is 2. The van der Waals surface area contributed by atoms with E-state index < -0.39 is 0 Å². The average Bonchev–Trinajstić information content (AvgIpc) is 2.50. The van der Waals surface area contributed by atoms with Gasteiger partial charge in [-0.15, -0.1) is 0 Å². The van der Waals surface area contributed by atoms with Crippen LogP contribution >= 0.6 is 15.9 Å². The topological polar surface area (TPSA) is 44.5 Å². The van der Waals surface area contributed by atoms with Gasteiger partial charge >= 0.3 is 0 Å². The van der Waals surface area contributed by atoms with Crippen molar-refractivity contribution >= 4 is 15.9 Å². The van der Waals surface area contributed by atoms with Crippen molar-refractivity contribution in [1.82, 2.24) is 0 Å². The van der Waals surface area contributed by atoms with Crippen LogP contribution in [0.3, 0.4) is 0 Å². The Balaban J connectivity index is 2.02. The molecule has 1 atom stereocenters. The second kappa shape index (κ2) is 7.48. The maximum absolute atomic E-state index is 6.28. The first-order valence-corrected chi connectivity index (χ1v) is 7.62. The fourth-order valence-electron chi connectivity index (χ4n) is 2.25. The number of nitrogens with two attached hydrogens (primary N) is 1. The van der Waals surface area contributed by atoms with E-state index in [4.69, 9.17) is 15.2 Å². The number of halogens is 1. The molecule has 0 spiro atoms. The number of ether oxygens (including phenoxy) is 2. The normalized spacial score (nSPS) is 12.0. The van der Waals surface area contributed by atoms with E-state index in [1.807, 2.05) is 30.3 Å². The molecule has 1 unspecified atom stereocenters. The molecule has 0 aromatic heterocycles. The zero-order chi connectivity index (χ0) is 15.2. The highest BCUT2D eigenvalue weighted by molar-refractivity contribution is 9.10. The SMILES string of the molecule is COc1ccc(CC(N)Cc2cc(OC)ccc2Br)cc1. The van der Waals surface area contributed by atoms with Gasteiger partial charge < -0.3 is 15.2 Å². The molecule has 0 aliphatic rings. The summed E-state index contributed by atoms with van der Waals surface area (Å²) in [5.41, 5.74) is 8.65. The van der Waals surface area contributed by atoms with Crippen LogP contribution in [0.5, 0.6) is 11.5 Å². The molecule has 4 heteroatoms. The molecule has 0 heterocycles. The molecule has 2 rings (SSSR count). The van der Waals surface area contributed by atoms with Crippen molar-refractivity contribution in [3.8, 4) is 11.5 Å². The molecule has 2 aromatic rings. The Labute approximate surface area is 134 Å². The Morgan fingerprint density at radius 1 is 0.952 bits per heavy atom. The molecule has 0 aliphatic carbocycles. The van der Waals surface area contributed by atoms with Gasteiger partial charge in [0.1, 0.15) is 11.5 Å². The predicted octanol–water partition coefficient (Wildman–Crippen LogP) is 3.58. The van der Waals surface area contributed by atoms with Crippen LogP contribution in [0.1, 0.15) is 11.1 Å². The quantitative estimate of drug-likeness (QED) is 0.866. The first-order valence-electron chi connectivity index (χ1n) is 6.83. The van der Waals surface area contributed by atoms with Gasteiger partial charge in [0.05, 0.1) is 14.2 Å². The van der Waals surface area contributed by atoms with Gasteiger partial charge in [-0.3, -0.25) is 0 Å². The van der Waals surface area contributed by atoms with Gasteiger partial charge in [-0.25, -0.2) is 0 Å². The molecule has 3 nitrogen and oxygen atoms in total. The second-order valence-corrected chi connectivity index (χ2v) is 5.83. The molecular formula is C17H20BrNO2. The fourth-order valence-corrected chi connectivity index (χ4v) is 2.66. The summed E-state index contributed by atoms with van der Waals surface area (Å²) >= 11 is 3.56. The van der Waals surface area contributed by atoms with Crippen molar-refractivity contribution in [2.75, 3.05) is 14.2 Å². The molecule has 0 aliphatic heterocycles. The minimum absolute atomic E-state index is 0.0572. The summed E-state index contributed by atoms with van der Waals surface area (Å²) in [5, 5.41) is 0. The van der Waals surface area contributed by atoms with Crippen molar-refractivity contribution in [1.29, 1.82) is 0 Å². The third-order valence-corrected chi connectivity index (χ3v) is 4.17. The molecule has 0 radical (unpaired) electrons. The lowest BCUT2D eigenvalue weighted by Gasteiger charge is -2.14. The molecule has 0 fully saturated rings. The summed E-state index contributed by atoms with van der Waals surface area (Å²) < 4.78 is 11.5. The number of hydrogen-bond acceptors (Lipinski definition) is 3. The summed E-state index contributed by atoms with van der Waals surface area (Å²) in [6.45, 7) is 0. The van der Waals surface area contributed by atoms with Gasteiger partial charge in [0, 0.05) is 10.5 Å². The van der Waals surface area contributed by atoms with Crippen LogP contribution < -0.4 is 15.2 Å². The van der Waals surface area contributed by atoms with Gasteiger partial charge in [0.15, 0.2) is 0 Å². The molecule has 0 amide bonds. The van der Waals surface area contributed by atoms with Crippen molar-refractivity contribution in [2.24, 2.45) is 5.73 Å². The fraction of sp³-hybridized carbons (Fsp3) is 0.294. The average molecular weight is 350 g/mol. The van der Waals surface area contributed by atoms with Crippen LogP contribution in [-0.2, 0) is 12.8 Å². The Bertz CT molecular complexity index is 584. The van der Waals surface area contributed by atoms with Crippen LogP contribution in [-0.4, -0.2) is 20.3 Å². The van der Waals surface area contributed by atoms with E-state index in [9.17, 15) is 0 Å². The summed E-state index contributed by atoms with van der Waals surface area (Å²) in [7, 11) is 3.34. The third kappa shape index (κ3) is 4.48. The van der Waals surface area contributed by atoms with E-state index in [0.717, 1.165) is 34.4 Å². The summed E-state index contributed by atoms with van der Waals surface area (Å²) in [6.07, 6.45) is 1.62. The Morgan fingerprint density at radius 3 is 2.19 bits per heavy atom. The van der Waals surface area contributed by atoms with Crippen molar-refractivity contribution < 1.29 is 9.47 Å². The van der Waals surface area contributed by atoms with Crippen LogP contribution in [0.4, 0.5) is 0 Å². The van der Waals surface area contributed by atoms with E-state index >= 15 is 0 Å². The standard InChI is InChI=1S/C17H20BrNO2/c1-20-15-5-3-12(4-6-15)9-14(19)10-13-11-16(21-2)7-8-17(13)18/h3-8,11,14H,9-10,19H2,1-2H3. The van der Waals surface area contributed by atoms with Gasteiger partial charge in [0.25, 0.3) is 0 Å². The van der Waals surface area contributed by atoms with Gasteiger partial charge in [-0.1, -0.05) is 28.1 Å². The number of hydrogen-bond donors (Lipinski definition) is 1. The Morgan fingerprint density at radius 2 is 1.57 bits per heavy atom. The third-order valence-electron chi connectivity index (χ3n) is 3.39. The molecule has 112 valence electrons. The minimum atomic E-state index is 0.0572. The zero-order valence-corrected chi connectivity index (χ0v) is 13.9. The highest BCUT2D eigenvalue weighted by Gasteiger charge is 2.09. The van der Waals surface area contributed by atoms with E-state index in [1.54, 1.807) is 14.2 Å². The Kier molecular flexibility index (Phi) is 5.65. The van der Waals surface area contributed by atoms with Crippen molar-refractivity contribution in [2.45, 2.75) is 18.9 Å². The summed E-state index contributed by atoms with van der Waals surface area (Å²) in [6, 6.07) is 14.0. The van der Waals surface area contributed by atoms with Crippen LogP contribution in [0.2, 0.25) is 0 Å².